The molecule has 0 bridgehead atoms. The average Bonchev–Trinajstić information content (AvgIpc) is 3.18. The van der Waals surface area contributed by atoms with Gasteiger partial charge in [0.05, 0.1) is 11.8 Å². The zero-order chi connectivity index (χ0) is 18.3. The molecule has 0 saturated carbocycles. The summed E-state index contributed by atoms with van der Waals surface area (Å²) in [4.78, 5) is 9.43. The maximum absolute atomic E-state index is 6.09. The van der Waals surface area contributed by atoms with Crippen molar-refractivity contribution in [1.82, 2.24) is 29.4 Å². The van der Waals surface area contributed by atoms with Crippen LogP contribution < -0.4 is 0 Å². The normalized spacial score (nSPS) is 11.4. The van der Waals surface area contributed by atoms with E-state index in [9.17, 15) is 0 Å². The van der Waals surface area contributed by atoms with Crippen molar-refractivity contribution in [1.29, 1.82) is 0 Å². The van der Waals surface area contributed by atoms with Crippen LogP contribution >= 0.6 is 11.6 Å². The van der Waals surface area contributed by atoms with Crippen molar-refractivity contribution >= 4 is 17.2 Å². The summed E-state index contributed by atoms with van der Waals surface area (Å²) < 4.78 is 3.74. The summed E-state index contributed by atoms with van der Waals surface area (Å²) in [7, 11) is 0. The van der Waals surface area contributed by atoms with E-state index in [0.29, 0.717) is 6.42 Å². The Morgan fingerprint density at radius 3 is 2.73 bits per heavy atom. The predicted octanol–water partition coefficient (Wildman–Crippen LogP) is 3.87. The second-order valence-corrected chi connectivity index (χ2v) is 6.74. The summed E-state index contributed by atoms with van der Waals surface area (Å²) >= 11 is 6.09. The first-order valence-electron chi connectivity index (χ1n) is 8.55. The number of aryl methyl sites for hydroxylation is 3. The van der Waals surface area contributed by atoms with E-state index in [-0.39, 0.29) is 0 Å². The predicted molar refractivity (Wildman–Crippen MR) is 101 cm³/mol. The number of hydrogen-bond acceptors (Lipinski definition) is 4. The molecule has 26 heavy (non-hydrogen) atoms. The number of benzene rings is 1. The molecule has 0 aliphatic heterocycles. The quantitative estimate of drug-likeness (QED) is 0.550. The summed E-state index contributed by atoms with van der Waals surface area (Å²) in [6.07, 6.45) is 2.44. The lowest BCUT2D eigenvalue weighted by molar-refractivity contribution is 0.656. The molecule has 4 aromatic rings. The molecule has 4 rings (SSSR count). The first kappa shape index (κ1) is 16.7. The number of halogens is 1. The fourth-order valence-corrected chi connectivity index (χ4v) is 3.35. The van der Waals surface area contributed by atoms with Gasteiger partial charge >= 0.3 is 0 Å². The van der Waals surface area contributed by atoms with Crippen LogP contribution in [0, 0.1) is 13.8 Å². The molecule has 1 aromatic carbocycles. The molecule has 7 heteroatoms. The molecule has 0 N–H and O–H groups in total. The molecule has 0 aliphatic carbocycles. The fraction of sp³-hybridized carbons (Fsp3) is 0.263. The monoisotopic (exact) mass is 366 g/mol. The van der Waals surface area contributed by atoms with Crippen molar-refractivity contribution in [2.24, 2.45) is 0 Å². The lowest BCUT2D eigenvalue weighted by atomic mass is 10.1. The van der Waals surface area contributed by atoms with Crippen LogP contribution in [-0.4, -0.2) is 29.4 Å². The maximum Gasteiger partial charge on any atom is 0.166 e. The Hall–Kier alpha value is -2.73. The zero-order valence-corrected chi connectivity index (χ0v) is 15.7. The van der Waals surface area contributed by atoms with Crippen LogP contribution in [0.4, 0.5) is 0 Å². The zero-order valence-electron chi connectivity index (χ0n) is 14.9. The Morgan fingerprint density at radius 2 is 1.96 bits per heavy atom. The summed E-state index contributed by atoms with van der Waals surface area (Å²) in [5, 5.41) is 9.85. The van der Waals surface area contributed by atoms with Crippen LogP contribution in [0.15, 0.2) is 36.5 Å². The van der Waals surface area contributed by atoms with E-state index >= 15 is 0 Å². The van der Waals surface area contributed by atoms with Gasteiger partial charge in [0.1, 0.15) is 0 Å². The molecular formula is C19H19ClN6. The Bertz CT molecular complexity index is 1090. The first-order chi connectivity index (χ1) is 12.5. The number of aromatic nitrogens is 6. The van der Waals surface area contributed by atoms with E-state index in [1.807, 2.05) is 59.6 Å². The minimum Gasteiger partial charge on any atom is -0.246 e. The molecule has 0 aliphatic rings. The van der Waals surface area contributed by atoms with Crippen molar-refractivity contribution in [3.05, 3.63) is 64.3 Å². The average molecular weight is 367 g/mol. The third-order valence-electron chi connectivity index (χ3n) is 4.29. The van der Waals surface area contributed by atoms with Gasteiger partial charge in [0, 0.05) is 29.4 Å². The topological polar surface area (TPSA) is 60.9 Å². The largest absolute Gasteiger partial charge is 0.246 e. The number of fused-ring (bicyclic) bond motifs is 1. The van der Waals surface area contributed by atoms with Crippen molar-refractivity contribution < 1.29 is 0 Å². The van der Waals surface area contributed by atoms with Gasteiger partial charge in [0.15, 0.2) is 17.3 Å². The molecule has 3 aromatic heterocycles. The van der Waals surface area contributed by atoms with Gasteiger partial charge in [-0.15, -0.1) is 0 Å². The molecule has 0 fully saturated rings. The molecule has 6 nitrogen and oxygen atoms in total. The number of hydrogen-bond donors (Lipinski definition) is 0. The minimum atomic E-state index is 0.630. The van der Waals surface area contributed by atoms with Crippen LogP contribution in [0.1, 0.15) is 29.7 Å². The summed E-state index contributed by atoms with van der Waals surface area (Å²) in [6, 6.07) is 9.79. The lowest BCUT2D eigenvalue weighted by Gasteiger charge is -2.03. The van der Waals surface area contributed by atoms with Gasteiger partial charge in [-0.25, -0.2) is 19.2 Å². The van der Waals surface area contributed by atoms with Gasteiger partial charge in [-0.05, 0) is 44.5 Å². The van der Waals surface area contributed by atoms with Gasteiger partial charge in [0.25, 0.3) is 0 Å². The summed E-state index contributed by atoms with van der Waals surface area (Å²) in [5.74, 6) is 1.55. The Balaban J connectivity index is 1.79. The van der Waals surface area contributed by atoms with E-state index in [0.717, 1.165) is 51.4 Å². The van der Waals surface area contributed by atoms with E-state index in [4.69, 9.17) is 16.6 Å². The van der Waals surface area contributed by atoms with Gasteiger partial charge in [-0.3, -0.25) is 0 Å². The van der Waals surface area contributed by atoms with Crippen LogP contribution in [-0.2, 0) is 13.0 Å². The van der Waals surface area contributed by atoms with Crippen LogP contribution in [0.3, 0.4) is 0 Å². The highest BCUT2D eigenvalue weighted by atomic mass is 35.5. The highest BCUT2D eigenvalue weighted by molar-refractivity contribution is 6.30. The maximum atomic E-state index is 6.09. The summed E-state index contributed by atoms with van der Waals surface area (Å²) in [6.45, 7) is 6.78. The molecular weight excluding hydrogens is 348 g/mol. The van der Waals surface area contributed by atoms with E-state index in [1.165, 1.54) is 0 Å². The molecule has 0 saturated heterocycles. The fourth-order valence-electron chi connectivity index (χ4n) is 3.14. The standard InChI is InChI=1S/C19H19ClN6/c1-4-25-18(16-11-21-26-13(3)8-12(2)22-19(16)26)23-17(24-25)10-14-6-5-7-15(20)9-14/h5-9,11H,4,10H2,1-3H3. The lowest BCUT2D eigenvalue weighted by Crippen LogP contribution is -2.01. The van der Waals surface area contributed by atoms with Gasteiger partial charge in [-0.2, -0.15) is 10.2 Å². The number of nitrogens with zero attached hydrogens (tertiary/aromatic N) is 6. The van der Waals surface area contributed by atoms with Crippen molar-refractivity contribution in [2.75, 3.05) is 0 Å². The van der Waals surface area contributed by atoms with Crippen molar-refractivity contribution in [3.8, 4) is 11.4 Å². The van der Waals surface area contributed by atoms with Gasteiger partial charge in [0.2, 0.25) is 0 Å². The van der Waals surface area contributed by atoms with Crippen LogP contribution in [0.25, 0.3) is 17.0 Å². The SMILES string of the molecule is CCn1nc(Cc2cccc(Cl)c2)nc1-c1cnn2c(C)cc(C)nc12. The molecule has 0 amide bonds. The third kappa shape index (κ3) is 2.97. The second kappa shape index (κ2) is 6.53. The Morgan fingerprint density at radius 1 is 1.12 bits per heavy atom. The third-order valence-corrected chi connectivity index (χ3v) is 4.52. The molecule has 3 heterocycles. The highest BCUT2D eigenvalue weighted by Crippen LogP contribution is 2.24. The first-order valence-corrected chi connectivity index (χ1v) is 8.93. The van der Waals surface area contributed by atoms with E-state index < -0.39 is 0 Å². The Kier molecular flexibility index (Phi) is 4.20. The van der Waals surface area contributed by atoms with Crippen LogP contribution in [0.2, 0.25) is 5.02 Å². The van der Waals surface area contributed by atoms with Gasteiger partial charge < -0.3 is 0 Å². The van der Waals surface area contributed by atoms with Crippen molar-refractivity contribution in [2.45, 2.75) is 33.7 Å². The second-order valence-electron chi connectivity index (χ2n) is 6.31. The highest BCUT2D eigenvalue weighted by Gasteiger charge is 2.17. The molecule has 0 atom stereocenters. The molecule has 0 radical (unpaired) electrons. The smallest absolute Gasteiger partial charge is 0.166 e. The van der Waals surface area contributed by atoms with Gasteiger partial charge in [-0.1, -0.05) is 23.7 Å². The molecule has 132 valence electrons. The number of rotatable bonds is 4. The minimum absolute atomic E-state index is 0.630. The summed E-state index contributed by atoms with van der Waals surface area (Å²) in [5.41, 5.74) is 4.78. The van der Waals surface area contributed by atoms with Crippen LogP contribution in [0.5, 0.6) is 0 Å². The van der Waals surface area contributed by atoms with Crippen molar-refractivity contribution in [3.63, 3.8) is 0 Å². The van der Waals surface area contributed by atoms with E-state index in [2.05, 4.69) is 22.1 Å². The Labute approximate surface area is 156 Å². The molecule has 0 spiro atoms. The van der Waals surface area contributed by atoms with E-state index in [1.54, 1.807) is 0 Å². The molecule has 0 unspecified atom stereocenters.